The lowest BCUT2D eigenvalue weighted by molar-refractivity contribution is -0.122. The Balaban J connectivity index is 1.38. The highest BCUT2D eigenvalue weighted by Crippen LogP contribution is 2.45. The van der Waals surface area contributed by atoms with E-state index in [1.165, 1.54) is 12.8 Å². The van der Waals surface area contributed by atoms with E-state index in [1.807, 2.05) is 22.9 Å². The Morgan fingerprint density at radius 2 is 1.94 bits per heavy atom. The van der Waals surface area contributed by atoms with E-state index in [-0.39, 0.29) is 36.0 Å². The summed E-state index contributed by atoms with van der Waals surface area (Å²) in [5, 5.41) is 10.9. The highest BCUT2D eigenvalue weighted by atomic mass is 16.5. The van der Waals surface area contributed by atoms with Crippen LogP contribution in [0.1, 0.15) is 75.9 Å². The lowest BCUT2D eigenvalue weighted by Crippen LogP contribution is -2.53. The molecule has 0 unspecified atom stereocenters. The molecular formula is C26H35N5O3. The van der Waals surface area contributed by atoms with Crippen molar-refractivity contribution in [3.05, 3.63) is 42.1 Å². The lowest BCUT2D eigenvalue weighted by Gasteiger charge is -2.34. The Labute approximate surface area is 201 Å². The molecule has 3 atom stereocenters. The van der Waals surface area contributed by atoms with Crippen molar-refractivity contribution in [2.75, 3.05) is 19.0 Å². The van der Waals surface area contributed by atoms with E-state index in [0.717, 1.165) is 49.2 Å². The molecule has 8 nitrogen and oxygen atoms in total. The third kappa shape index (κ3) is 4.43. The van der Waals surface area contributed by atoms with Crippen LogP contribution in [0.2, 0.25) is 0 Å². The minimum absolute atomic E-state index is 0.0322. The zero-order valence-corrected chi connectivity index (χ0v) is 20.1. The summed E-state index contributed by atoms with van der Waals surface area (Å²) >= 11 is 0. The van der Waals surface area contributed by atoms with Crippen LogP contribution >= 0.6 is 0 Å². The number of fused-ring (bicyclic) bond motifs is 1. The Kier molecular flexibility index (Phi) is 6.34. The number of nitrogens with zero attached hydrogens (tertiary/aromatic N) is 3. The number of nitrogens with one attached hydrogen (secondary N) is 2. The highest BCUT2D eigenvalue weighted by Gasteiger charge is 2.51. The molecule has 34 heavy (non-hydrogen) atoms. The maximum atomic E-state index is 13.3. The molecule has 2 amide bonds. The smallest absolute Gasteiger partial charge is 0.239 e. The molecule has 3 fully saturated rings. The van der Waals surface area contributed by atoms with E-state index in [4.69, 9.17) is 4.74 Å². The fraction of sp³-hybridized carbons (Fsp3) is 0.577. The van der Waals surface area contributed by atoms with Crippen molar-refractivity contribution in [2.45, 2.75) is 82.0 Å². The molecule has 2 aliphatic heterocycles. The molecule has 2 aromatic rings. The number of methoxy groups -OCH3 is 1. The van der Waals surface area contributed by atoms with E-state index in [0.29, 0.717) is 12.5 Å². The van der Waals surface area contributed by atoms with Gasteiger partial charge in [-0.2, -0.15) is 5.10 Å². The van der Waals surface area contributed by atoms with Crippen LogP contribution in [-0.2, 0) is 9.59 Å². The maximum Gasteiger partial charge on any atom is 0.239 e. The molecule has 1 saturated carbocycles. The molecule has 0 radical (unpaired) electrons. The number of anilines is 1. The third-order valence-corrected chi connectivity index (χ3v) is 7.89. The van der Waals surface area contributed by atoms with E-state index in [1.54, 1.807) is 13.3 Å². The van der Waals surface area contributed by atoms with Crippen molar-refractivity contribution in [3.8, 4) is 5.75 Å². The first-order chi connectivity index (χ1) is 16.5. The van der Waals surface area contributed by atoms with E-state index >= 15 is 0 Å². The summed E-state index contributed by atoms with van der Waals surface area (Å²) in [6.07, 6.45) is 9.42. The van der Waals surface area contributed by atoms with Gasteiger partial charge >= 0.3 is 0 Å². The number of aromatic nitrogens is 2. The molecule has 1 aliphatic carbocycles. The molecule has 5 rings (SSSR count). The van der Waals surface area contributed by atoms with Gasteiger partial charge in [0.2, 0.25) is 11.8 Å². The molecule has 3 aliphatic rings. The Morgan fingerprint density at radius 3 is 2.68 bits per heavy atom. The monoisotopic (exact) mass is 465 g/mol. The predicted octanol–water partition coefficient (Wildman–Crippen LogP) is 3.82. The topological polar surface area (TPSA) is 88.5 Å². The summed E-state index contributed by atoms with van der Waals surface area (Å²) in [6, 6.07) is 10.4. The number of ether oxygens (including phenoxy) is 1. The standard InChI is InChI=1S/C26H35N5O3/c1-26-16-21(18-10-12-20(34-2)13-11-18)30(22(26)8-5-9-24(32)29-26)17-25(33)28-23-14-15-27-31(23)19-6-3-4-7-19/h10-15,19,21-22H,3-9,16-17H2,1-2H3,(H,28,33)(H,29,32)/t21-,22-,26-/m0/s1. The first-order valence-corrected chi connectivity index (χ1v) is 12.5. The van der Waals surface area contributed by atoms with Crippen LogP contribution in [0.25, 0.3) is 0 Å². The lowest BCUT2D eigenvalue weighted by atomic mass is 9.88. The summed E-state index contributed by atoms with van der Waals surface area (Å²) in [4.78, 5) is 28.1. The van der Waals surface area contributed by atoms with Gasteiger partial charge in [-0.05, 0) is 56.7 Å². The quantitative estimate of drug-likeness (QED) is 0.677. The van der Waals surface area contributed by atoms with Crippen molar-refractivity contribution in [3.63, 3.8) is 0 Å². The third-order valence-electron chi connectivity index (χ3n) is 7.89. The van der Waals surface area contributed by atoms with Crippen LogP contribution < -0.4 is 15.4 Å². The SMILES string of the molecule is COc1ccc([C@@H]2C[C@]3(C)NC(=O)CCC[C@@H]3N2CC(=O)Nc2ccnn2C2CCCC2)cc1. The molecule has 2 saturated heterocycles. The molecular weight excluding hydrogens is 430 g/mol. The van der Waals surface area contributed by atoms with Gasteiger partial charge in [-0.15, -0.1) is 0 Å². The van der Waals surface area contributed by atoms with Crippen molar-refractivity contribution in [1.82, 2.24) is 20.0 Å². The molecule has 182 valence electrons. The van der Waals surface area contributed by atoms with Gasteiger partial charge in [0.15, 0.2) is 0 Å². The first-order valence-electron chi connectivity index (χ1n) is 12.5. The first kappa shape index (κ1) is 22.9. The van der Waals surface area contributed by atoms with Gasteiger partial charge < -0.3 is 15.4 Å². The Bertz CT molecular complexity index is 1030. The van der Waals surface area contributed by atoms with E-state index in [2.05, 4.69) is 39.7 Å². The zero-order chi connectivity index (χ0) is 23.7. The summed E-state index contributed by atoms with van der Waals surface area (Å²) < 4.78 is 7.32. The van der Waals surface area contributed by atoms with Gasteiger partial charge in [-0.1, -0.05) is 25.0 Å². The molecule has 1 aromatic heterocycles. The largest absolute Gasteiger partial charge is 0.497 e. The predicted molar refractivity (Wildman–Crippen MR) is 130 cm³/mol. The van der Waals surface area contributed by atoms with Crippen molar-refractivity contribution >= 4 is 17.6 Å². The minimum Gasteiger partial charge on any atom is -0.497 e. The number of benzene rings is 1. The number of likely N-dealkylation sites (tertiary alicyclic amines) is 1. The van der Waals surface area contributed by atoms with Gasteiger partial charge in [0.05, 0.1) is 31.4 Å². The molecule has 3 heterocycles. The minimum atomic E-state index is -0.371. The molecule has 0 bridgehead atoms. The second kappa shape index (κ2) is 9.41. The van der Waals surface area contributed by atoms with E-state index in [9.17, 15) is 9.59 Å². The summed E-state index contributed by atoms with van der Waals surface area (Å²) in [7, 11) is 1.66. The van der Waals surface area contributed by atoms with Crippen LogP contribution in [0.4, 0.5) is 5.82 Å². The number of carbonyl (C=O) groups is 2. The number of amides is 2. The molecule has 8 heteroatoms. The zero-order valence-electron chi connectivity index (χ0n) is 20.1. The van der Waals surface area contributed by atoms with Crippen LogP contribution in [0.15, 0.2) is 36.5 Å². The van der Waals surface area contributed by atoms with E-state index < -0.39 is 0 Å². The number of hydrogen-bond acceptors (Lipinski definition) is 5. The number of carbonyl (C=O) groups excluding carboxylic acids is 2. The molecule has 0 spiro atoms. The maximum absolute atomic E-state index is 13.3. The van der Waals surface area contributed by atoms with Gasteiger partial charge in [-0.3, -0.25) is 14.5 Å². The van der Waals surface area contributed by atoms with Crippen LogP contribution in [0.5, 0.6) is 5.75 Å². The summed E-state index contributed by atoms with van der Waals surface area (Å²) in [5.41, 5.74) is 0.762. The van der Waals surface area contributed by atoms with Gasteiger partial charge in [0.25, 0.3) is 0 Å². The fourth-order valence-corrected chi connectivity index (χ4v) is 6.25. The fourth-order valence-electron chi connectivity index (χ4n) is 6.25. The second-order valence-electron chi connectivity index (χ2n) is 10.2. The Morgan fingerprint density at radius 1 is 1.18 bits per heavy atom. The molecule has 2 N–H and O–H groups in total. The highest BCUT2D eigenvalue weighted by molar-refractivity contribution is 5.91. The molecule has 1 aromatic carbocycles. The average Bonchev–Trinajstić information content (AvgIpc) is 3.53. The summed E-state index contributed by atoms with van der Waals surface area (Å²) in [5.74, 6) is 1.64. The van der Waals surface area contributed by atoms with Gasteiger partial charge in [0.1, 0.15) is 11.6 Å². The Hall–Kier alpha value is -2.87. The van der Waals surface area contributed by atoms with Crippen molar-refractivity contribution in [1.29, 1.82) is 0 Å². The van der Waals surface area contributed by atoms with Gasteiger partial charge in [0, 0.05) is 24.6 Å². The van der Waals surface area contributed by atoms with Crippen molar-refractivity contribution in [2.24, 2.45) is 0 Å². The normalized spacial score (nSPS) is 27.8. The number of rotatable bonds is 6. The van der Waals surface area contributed by atoms with Crippen LogP contribution in [0.3, 0.4) is 0 Å². The summed E-state index contributed by atoms with van der Waals surface area (Å²) in [6.45, 7) is 2.40. The van der Waals surface area contributed by atoms with Crippen molar-refractivity contribution < 1.29 is 14.3 Å². The van der Waals surface area contributed by atoms with Crippen LogP contribution in [0, 0.1) is 0 Å². The van der Waals surface area contributed by atoms with Gasteiger partial charge in [-0.25, -0.2) is 4.68 Å². The van der Waals surface area contributed by atoms with Crippen LogP contribution in [-0.4, -0.2) is 51.7 Å². The second-order valence-corrected chi connectivity index (χ2v) is 10.2. The number of hydrogen-bond donors (Lipinski definition) is 2. The average molecular weight is 466 g/mol.